The zero-order valence-corrected chi connectivity index (χ0v) is 14.5. The van der Waals surface area contributed by atoms with Gasteiger partial charge in [0.2, 0.25) is 11.3 Å². The average molecular weight is 353 g/mol. The van der Waals surface area contributed by atoms with Gasteiger partial charge in [0.15, 0.2) is 0 Å². The molecule has 1 N–H and O–H groups in total. The minimum absolute atomic E-state index is 0.139. The maximum Gasteiger partial charge on any atom is 0.222 e. The molecule has 1 unspecified atom stereocenters. The molecule has 1 heterocycles. The van der Waals surface area contributed by atoms with E-state index in [9.17, 15) is 14.0 Å². The Morgan fingerprint density at radius 2 is 1.92 bits per heavy atom. The average Bonchev–Trinajstić information content (AvgIpc) is 2.63. The van der Waals surface area contributed by atoms with Crippen molar-refractivity contribution in [1.29, 1.82) is 0 Å². The van der Waals surface area contributed by atoms with Crippen LogP contribution in [0.25, 0.3) is 10.9 Å². The topological polar surface area (TPSA) is 64.0 Å². The van der Waals surface area contributed by atoms with Crippen LogP contribution in [0.2, 0.25) is 0 Å². The van der Waals surface area contributed by atoms with E-state index in [1.165, 1.54) is 12.3 Å². The molecule has 2 aromatic carbocycles. The van der Waals surface area contributed by atoms with Gasteiger partial charge in [0.1, 0.15) is 5.82 Å². The second-order valence-corrected chi connectivity index (χ2v) is 6.26. The molecule has 0 saturated heterocycles. The maximum atomic E-state index is 13.7. The van der Waals surface area contributed by atoms with Gasteiger partial charge in [-0.1, -0.05) is 30.3 Å². The minimum Gasteiger partial charge on any atom is -0.353 e. The van der Waals surface area contributed by atoms with Crippen LogP contribution in [0.5, 0.6) is 0 Å². The normalized spacial score (nSPS) is 12.1. The highest BCUT2D eigenvalue weighted by molar-refractivity contribution is 5.79. The first-order valence-electron chi connectivity index (χ1n) is 8.52. The number of halogens is 1. The van der Waals surface area contributed by atoms with Crippen LogP contribution in [0.1, 0.15) is 18.9 Å². The Hall–Kier alpha value is -3.02. The van der Waals surface area contributed by atoms with E-state index in [0.717, 1.165) is 0 Å². The molecular formula is C20H20FN3O2. The van der Waals surface area contributed by atoms with Crippen LogP contribution < -0.4 is 10.7 Å². The van der Waals surface area contributed by atoms with E-state index in [1.54, 1.807) is 35.0 Å². The van der Waals surface area contributed by atoms with E-state index in [1.807, 2.05) is 19.1 Å². The number of rotatable bonds is 6. The molecule has 0 spiro atoms. The lowest BCUT2D eigenvalue weighted by molar-refractivity contribution is -0.121. The van der Waals surface area contributed by atoms with Crippen LogP contribution in [-0.2, 0) is 17.8 Å². The van der Waals surface area contributed by atoms with Gasteiger partial charge in [0, 0.05) is 17.8 Å². The zero-order valence-electron chi connectivity index (χ0n) is 14.5. The Morgan fingerprint density at radius 1 is 1.19 bits per heavy atom. The van der Waals surface area contributed by atoms with Crippen LogP contribution in [0.4, 0.5) is 4.39 Å². The summed E-state index contributed by atoms with van der Waals surface area (Å²) in [6.07, 6.45) is 1.92. The number of benzene rings is 2. The van der Waals surface area contributed by atoms with Gasteiger partial charge in [-0.2, -0.15) is 5.10 Å². The number of hydrogen-bond donors (Lipinski definition) is 1. The van der Waals surface area contributed by atoms with Crippen molar-refractivity contribution in [3.63, 3.8) is 0 Å². The van der Waals surface area contributed by atoms with Crippen molar-refractivity contribution >= 4 is 16.8 Å². The number of carbonyl (C=O) groups is 1. The molecule has 0 aliphatic carbocycles. The van der Waals surface area contributed by atoms with Gasteiger partial charge < -0.3 is 5.32 Å². The number of carbonyl (C=O) groups excluding carboxylic acids is 1. The van der Waals surface area contributed by atoms with Crippen LogP contribution in [-0.4, -0.2) is 21.7 Å². The number of para-hydroxylation sites is 1. The van der Waals surface area contributed by atoms with Crippen LogP contribution in [0.3, 0.4) is 0 Å². The van der Waals surface area contributed by atoms with E-state index in [0.29, 0.717) is 29.4 Å². The lowest BCUT2D eigenvalue weighted by Crippen LogP contribution is -2.35. The van der Waals surface area contributed by atoms with Gasteiger partial charge in [-0.3, -0.25) is 14.3 Å². The van der Waals surface area contributed by atoms with Crippen molar-refractivity contribution in [2.75, 3.05) is 0 Å². The summed E-state index contributed by atoms with van der Waals surface area (Å²) in [6.45, 7) is 2.20. The molecular weight excluding hydrogens is 333 g/mol. The highest BCUT2D eigenvalue weighted by Gasteiger charge is 2.11. The fraction of sp³-hybridized carbons (Fsp3) is 0.250. The molecule has 26 heavy (non-hydrogen) atoms. The van der Waals surface area contributed by atoms with Crippen molar-refractivity contribution in [3.05, 3.63) is 76.3 Å². The van der Waals surface area contributed by atoms with Gasteiger partial charge in [-0.15, -0.1) is 0 Å². The van der Waals surface area contributed by atoms with Crippen LogP contribution in [0.15, 0.2) is 59.5 Å². The maximum absolute atomic E-state index is 13.7. The molecule has 1 atom stereocenters. The summed E-state index contributed by atoms with van der Waals surface area (Å²) in [4.78, 5) is 24.0. The first kappa shape index (κ1) is 17.8. The molecule has 1 amide bonds. The lowest BCUT2D eigenvalue weighted by atomic mass is 10.1. The Labute approximate surface area is 150 Å². The number of amides is 1. The molecule has 1 aromatic heterocycles. The van der Waals surface area contributed by atoms with Crippen molar-refractivity contribution < 1.29 is 9.18 Å². The standard InChI is InChI=1S/C20H20FN3O2/c1-14(12-15-6-2-4-8-17(15)21)23-20(26)10-11-24-18-9-5-3-7-16(18)19(25)13-22-24/h2-9,13-14H,10-12H2,1H3,(H,23,26). The van der Waals surface area contributed by atoms with Crippen molar-refractivity contribution in [3.8, 4) is 0 Å². The Balaban J connectivity index is 1.60. The monoisotopic (exact) mass is 353 g/mol. The number of aromatic nitrogens is 2. The number of nitrogens with one attached hydrogen (secondary N) is 1. The largest absolute Gasteiger partial charge is 0.353 e. The van der Waals surface area contributed by atoms with Gasteiger partial charge in [0.25, 0.3) is 0 Å². The molecule has 6 heteroatoms. The summed E-state index contributed by atoms with van der Waals surface area (Å²) in [7, 11) is 0. The lowest BCUT2D eigenvalue weighted by Gasteiger charge is -2.15. The fourth-order valence-corrected chi connectivity index (χ4v) is 2.94. The Morgan fingerprint density at radius 3 is 2.73 bits per heavy atom. The number of aryl methyl sites for hydroxylation is 1. The molecule has 5 nitrogen and oxygen atoms in total. The predicted octanol–water partition coefficient (Wildman–Crippen LogP) is 2.67. The van der Waals surface area contributed by atoms with Gasteiger partial charge in [0.05, 0.1) is 18.3 Å². The predicted molar refractivity (Wildman–Crippen MR) is 98.3 cm³/mol. The summed E-state index contributed by atoms with van der Waals surface area (Å²) in [5.41, 5.74) is 1.14. The van der Waals surface area contributed by atoms with Gasteiger partial charge >= 0.3 is 0 Å². The molecule has 0 fully saturated rings. The number of hydrogen-bond acceptors (Lipinski definition) is 3. The molecule has 134 valence electrons. The highest BCUT2D eigenvalue weighted by Crippen LogP contribution is 2.10. The minimum atomic E-state index is -0.266. The molecule has 3 rings (SSSR count). The highest BCUT2D eigenvalue weighted by atomic mass is 19.1. The molecule has 0 aliphatic rings. The molecule has 0 aliphatic heterocycles. The van der Waals surface area contributed by atoms with E-state index in [-0.39, 0.29) is 29.6 Å². The second-order valence-electron chi connectivity index (χ2n) is 6.26. The molecule has 0 saturated carbocycles. The Kier molecular flexibility index (Phi) is 5.41. The van der Waals surface area contributed by atoms with E-state index >= 15 is 0 Å². The summed E-state index contributed by atoms with van der Waals surface area (Å²) in [5, 5.41) is 7.57. The van der Waals surface area contributed by atoms with Crippen LogP contribution in [0, 0.1) is 5.82 Å². The van der Waals surface area contributed by atoms with Crippen molar-refractivity contribution in [2.24, 2.45) is 0 Å². The smallest absolute Gasteiger partial charge is 0.222 e. The number of nitrogens with zero attached hydrogens (tertiary/aromatic N) is 2. The summed E-state index contributed by atoms with van der Waals surface area (Å²) in [6, 6.07) is 13.5. The van der Waals surface area contributed by atoms with Crippen LogP contribution >= 0.6 is 0 Å². The quantitative estimate of drug-likeness (QED) is 0.741. The zero-order chi connectivity index (χ0) is 18.5. The molecule has 0 bridgehead atoms. The molecule has 3 aromatic rings. The third-order valence-corrected chi connectivity index (χ3v) is 4.20. The van der Waals surface area contributed by atoms with E-state index in [2.05, 4.69) is 10.4 Å². The van der Waals surface area contributed by atoms with Crippen molar-refractivity contribution in [1.82, 2.24) is 15.1 Å². The SMILES string of the molecule is CC(Cc1ccccc1F)NC(=O)CCn1ncc(=O)c2ccccc21. The first-order chi connectivity index (χ1) is 12.5. The number of fused-ring (bicyclic) bond motifs is 1. The summed E-state index contributed by atoms with van der Waals surface area (Å²) in [5.74, 6) is -0.407. The van der Waals surface area contributed by atoms with Gasteiger partial charge in [-0.25, -0.2) is 4.39 Å². The third-order valence-electron chi connectivity index (χ3n) is 4.20. The van der Waals surface area contributed by atoms with E-state index in [4.69, 9.17) is 0 Å². The van der Waals surface area contributed by atoms with Gasteiger partial charge in [-0.05, 0) is 37.1 Å². The van der Waals surface area contributed by atoms with Crippen molar-refractivity contribution in [2.45, 2.75) is 32.4 Å². The van der Waals surface area contributed by atoms with E-state index < -0.39 is 0 Å². The third kappa shape index (κ3) is 4.14. The fourth-order valence-electron chi connectivity index (χ4n) is 2.94. The second kappa shape index (κ2) is 7.91. The first-order valence-corrected chi connectivity index (χ1v) is 8.52. The summed E-state index contributed by atoms with van der Waals surface area (Å²) < 4.78 is 15.3. The summed E-state index contributed by atoms with van der Waals surface area (Å²) >= 11 is 0. The molecule has 0 radical (unpaired) electrons. The Bertz CT molecular complexity index is 984.